The lowest BCUT2D eigenvalue weighted by Gasteiger charge is -2.14. The Morgan fingerprint density at radius 3 is 2.53 bits per heavy atom. The first-order valence-corrected chi connectivity index (χ1v) is 4.61. The number of aromatic nitrogens is 2. The zero-order chi connectivity index (χ0) is 12.8. The van der Waals surface area contributed by atoms with Crippen LogP contribution in [0, 0.1) is 0 Å². The van der Waals surface area contributed by atoms with E-state index in [1.54, 1.807) is 0 Å². The van der Waals surface area contributed by atoms with Gasteiger partial charge in [0.05, 0.1) is 12.2 Å². The van der Waals surface area contributed by atoms with Gasteiger partial charge in [-0.1, -0.05) is 0 Å². The first-order chi connectivity index (χ1) is 8.12. The molecular formula is C9H10N2O6. The lowest BCUT2D eigenvalue weighted by molar-refractivity contribution is -0.133. The summed E-state index contributed by atoms with van der Waals surface area (Å²) in [5, 5.41) is 8.71. The number of aliphatic hydroxyl groups excluding tert-OH is 1. The second-order valence-corrected chi connectivity index (χ2v) is 3.08. The van der Waals surface area contributed by atoms with Gasteiger partial charge in [-0.15, -0.1) is 0 Å². The van der Waals surface area contributed by atoms with Gasteiger partial charge >= 0.3 is 5.69 Å². The standard InChI is InChI=1S/C9H10N2O6/c12-2-5(3-13)17-7(4-14)6-1-10-9(16)11-8(6)15/h1-2,4-5,7,13H,3H2,(H2,10,11,15,16)/t5-,7-/m0/s1. The molecule has 1 aromatic rings. The van der Waals surface area contributed by atoms with Crippen LogP contribution in [0.1, 0.15) is 11.7 Å². The minimum Gasteiger partial charge on any atom is -0.393 e. The van der Waals surface area contributed by atoms with Crippen molar-refractivity contribution < 1.29 is 19.4 Å². The molecule has 0 aliphatic carbocycles. The third kappa shape index (κ3) is 3.20. The van der Waals surface area contributed by atoms with Crippen molar-refractivity contribution in [3.8, 4) is 0 Å². The Labute approximate surface area is 94.2 Å². The smallest absolute Gasteiger partial charge is 0.325 e. The quantitative estimate of drug-likeness (QED) is 0.489. The van der Waals surface area contributed by atoms with E-state index in [4.69, 9.17) is 9.84 Å². The largest absolute Gasteiger partial charge is 0.393 e. The van der Waals surface area contributed by atoms with Gasteiger partial charge in [0.15, 0.2) is 12.6 Å². The Morgan fingerprint density at radius 2 is 2.06 bits per heavy atom. The lowest BCUT2D eigenvalue weighted by atomic mass is 10.2. The molecule has 0 amide bonds. The monoisotopic (exact) mass is 242 g/mol. The van der Waals surface area contributed by atoms with Crippen molar-refractivity contribution in [2.24, 2.45) is 0 Å². The van der Waals surface area contributed by atoms with Crippen molar-refractivity contribution in [2.75, 3.05) is 6.61 Å². The summed E-state index contributed by atoms with van der Waals surface area (Å²) in [7, 11) is 0. The number of aromatic amines is 2. The first kappa shape index (κ1) is 13.0. The maximum absolute atomic E-state index is 11.3. The number of aldehydes is 2. The number of aliphatic hydroxyl groups is 1. The van der Waals surface area contributed by atoms with E-state index in [-0.39, 0.29) is 11.8 Å². The first-order valence-electron chi connectivity index (χ1n) is 4.61. The van der Waals surface area contributed by atoms with E-state index in [1.165, 1.54) is 0 Å². The SMILES string of the molecule is O=C[C@H](O[C@@H](C=O)CO)c1c[nH]c(=O)[nH]c1=O. The van der Waals surface area contributed by atoms with Crippen molar-refractivity contribution in [1.29, 1.82) is 0 Å². The number of hydrogen-bond donors (Lipinski definition) is 3. The average Bonchev–Trinajstić information content (AvgIpc) is 2.32. The second-order valence-electron chi connectivity index (χ2n) is 3.08. The molecule has 0 fully saturated rings. The molecule has 0 bridgehead atoms. The Morgan fingerprint density at radius 1 is 1.35 bits per heavy atom. The summed E-state index contributed by atoms with van der Waals surface area (Å²) in [5.41, 5.74) is -1.68. The maximum Gasteiger partial charge on any atom is 0.325 e. The summed E-state index contributed by atoms with van der Waals surface area (Å²) in [4.78, 5) is 47.3. The van der Waals surface area contributed by atoms with Crippen LogP contribution in [0.3, 0.4) is 0 Å². The van der Waals surface area contributed by atoms with Gasteiger partial charge in [0.25, 0.3) is 5.56 Å². The summed E-state index contributed by atoms with van der Waals surface area (Å²) >= 11 is 0. The highest BCUT2D eigenvalue weighted by molar-refractivity contribution is 5.61. The molecule has 0 unspecified atom stereocenters. The van der Waals surface area contributed by atoms with Crippen molar-refractivity contribution in [3.63, 3.8) is 0 Å². The van der Waals surface area contributed by atoms with E-state index in [9.17, 15) is 19.2 Å². The number of hydrogen-bond acceptors (Lipinski definition) is 6. The Bertz CT molecular complexity index is 505. The van der Waals surface area contributed by atoms with Gasteiger partial charge < -0.3 is 24.4 Å². The van der Waals surface area contributed by atoms with Crippen molar-refractivity contribution >= 4 is 12.6 Å². The number of rotatable bonds is 6. The molecule has 8 heteroatoms. The van der Waals surface area contributed by atoms with E-state index in [0.29, 0.717) is 6.29 Å². The third-order valence-electron chi connectivity index (χ3n) is 1.93. The zero-order valence-electron chi connectivity index (χ0n) is 8.58. The van der Waals surface area contributed by atoms with Gasteiger partial charge in [0.1, 0.15) is 12.2 Å². The van der Waals surface area contributed by atoms with Crippen molar-refractivity contribution in [2.45, 2.75) is 12.2 Å². The molecule has 92 valence electrons. The van der Waals surface area contributed by atoms with Crippen LogP contribution in [-0.2, 0) is 14.3 Å². The number of carbonyl (C=O) groups excluding carboxylic acids is 2. The summed E-state index contributed by atoms with van der Waals surface area (Å²) in [6.45, 7) is -0.616. The number of ether oxygens (including phenoxy) is 1. The summed E-state index contributed by atoms with van der Waals surface area (Å²) in [5.74, 6) is 0. The average molecular weight is 242 g/mol. The zero-order valence-corrected chi connectivity index (χ0v) is 8.58. The van der Waals surface area contributed by atoms with Crippen LogP contribution in [0.15, 0.2) is 15.8 Å². The van der Waals surface area contributed by atoms with E-state index in [2.05, 4.69) is 4.98 Å². The molecule has 0 aliphatic heterocycles. The molecule has 0 aromatic carbocycles. The minimum absolute atomic E-state index is 0.153. The normalized spacial score (nSPS) is 13.9. The Balaban J connectivity index is 3.01. The maximum atomic E-state index is 11.3. The van der Waals surface area contributed by atoms with Gasteiger partial charge in [-0.2, -0.15) is 0 Å². The highest BCUT2D eigenvalue weighted by Crippen LogP contribution is 2.10. The Hall–Kier alpha value is -2.06. The molecule has 8 nitrogen and oxygen atoms in total. The van der Waals surface area contributed by atoms with Gasteiger partial charge in [-0.3, -0.25) is 9.78 Å². The van der Waals surface area contributed by atoms with Crippen LogP contribution < -0.4 is 11.2 Å². The molecule has 0 saturated heterocycles. The number of carbonyl (C=O) groups is 2. The fourth-order valence-corrected chi connectivity index (χ4v) is 1.12. The van der Waals surface area contributed by atoms with E-state index in [0.717, 1.165) is 6.20 Å². The highest BCUT2D eigenvalue weighted by atomic mass is 16.5. The molecule has 0 saturated carbocycles. The fraction of sp³-hybridized carbons (Fsp3) is 0.333. The van der Waals surface area contributed by atoms with Crippen LogP contribution in [0.25, 0.3) is 0 Å². The van der Waals surface area contributed by atoms with Crippen LogP contribution >= 0.6 is 0 Å². The van der Waals surface area contributed by atoms with Gasteiger partial charge in [-0.05, 0) is 0 Å². The van der Waals surface area contributed by atoms with Crippen LogP contribution in [0.2, 0.25) is 0 Å². The van der Waals surface area contributed by atoms with Crippen molar-refractivity contribution in [3.05, 3.63) is 32.6 Å². The van der Waals surface area contributed by atoms with E-state index >= 15 is 0 Å². The number of nitrogens with one attached hydrogen (secondary N) is 2. The molecule has 2 atom stereocenters. The Kier molecular flexibility index (Phi) is 4.49. The molecule has 1 rings (SSSR count). The third-order valence-corrected chi connectivity index (χ3v) is 1.93. The molecule has 1 aromatic heterocycles. The van der Waals surface area contributed by atoms with Gasteiger partial charge in [0, 0.05) is 6.20 Å². The van der Waals surface area contributed by atoms with E-state index < -0.39 is 30.1 Å². The molecule has 0 radical (unpaired) electrons. The fourth-order valence-electron chi connectivity index (χ4n) is 1.12. The summed E-state index contributed by atoms with van der Waals surface area (Å²) < 4.78 is 4.88. The van der Waals surface area contributed by atoms with Crippen LogP contribution in [0.5, 0.6) is 0 Å². The lowest BCUT2D eigenvalue weighted by Crippen LogP contribution is -2.30. The van der Waals surface area contributed by atoms with Crippen molar-refractivity contribution in [1.82, 2.24) is 9.97 Å². The molecule has 0 spiro atoms. The topological polar surface area (TPSA) is 129 Å². The predicted octanol–water partition coefficient (Wildman–Crippen LogP) is -2.12. The highest BCUT2D eigenvalue weighted by Gasteiger charge is 2.19. The van der Waals surface area contributed by atoms with Gasteiger partial charge in [-0.25, -0.2) is 4.79 Å². The molecule has 3 N–H and O–H groups in total. The second kappa shape index (κ2) is 5.87. The molecule has 0 aliphatic rings. The van der Waals surface area contributed by atoms with Crippen LogP contribution in [-0.4, -0.2) is 40.4 Å². The molecule has 17 heavy (non-hydrogen) atoms. The molecular weight excluding hydrogens is 232 g/mol. The van der Waals surface area contributed by atoms with Gasteiger partial charge in [0.2, 0.25) is 0 Å². The van der Waals surface area contributed by atoms with E-state index in [1.807, 2.05) is 4.98 Å². The number of H-pyrrole nitrogens is 2. The predicted molar refractivity (Wildman–Crippen MR) is 54.5 cm³/mol. The van der Waals surface area contributed by atoms with Crippen LogP contribution in [0.4, 0.5) is 0 Å². The molecule has 1 heterocycles. The summed E-state index contributed by atoms with van der Waals surface area (Å²) in [6.07, 6.45) is -0.945. The minimum atomic E-state index is -1.34. The summed E-state index contributed by atoms with van der Waals surface area (Å²) in [6, 6.07) is 0.